The lowest BCUT2D eigenvalue weighted by atomic mass is 10.1. The highest BCUT2D eigenvalue weighted by Crippen LogP contribution is 2.05. The van der Waals surface area contributed by atoms with Crippen LogP contribution in [0.15, 0.2) is 6.20 Å². The minimum atomic E-state index is -0.177. The number of ether oxygens (including phenoxy) is 1. The molecule has 0 fully saturated rings. The first kappa shape index (κ1) is 11.7. The summed E-state index contributed by atoms with van der Waals surface area (Å²) in [5.41, 5.74) is 0.688. The number of carbonyl (C=O) groups excluding carboxylic acids is 1. The van der Waals surface area contributed by atoms with E-state index < -0.39 is 0 Å². The Morgan fingerprint density at radius 3 is 2.87 bits per heavy atom. The van der Waals surface area contributed by atoms with E-state index in [2.05, 4.69) is 10.3 Å². The largest absolute Gasteiger partial charge is 0.459 e. The molecule has 0 saturated carbocycles. The lowest BCUT2D eigenvalue weighted by Crippen LogP contribution is -2.13. The van der Waals surface area contributed by atoms with Crippen molar-refractivity contribution in [3.63, 3.8) is 0 Å². The van der Waals surface area contributed by atoms with Gasteiger partial charge in [0.05, 0.1) is 12.1 Å². The van der Waals surface area contributed by atoms with Gasteiger partial charge in [-0.25, -0.2) is 0 Å². The molecule has 0 amide bonds. The molecular formula is C10H17N3O2. The van der Waals surface area contributed by atoms with Crippen LogP contribution in [0.3, 0.4) is 0 Å². The van der Waals surface area contributed by atoms with Crippen LogP contribution in [0.5, 0.6) is 0 Å². The molecule has 1 aromatic heterocycles. The molecule has 0 N–H and O–H groups in total. The van der Waals surface area contributed by atoms with Gasteiger partial charge in [-0.1, -0.05) is 19.1 Å². The van der Waals surface area contributed by atoms with E-state index in [0.29, 0.717) is 5.69 Å². The van der Waals surface area contributed by atoms with Crippen LogP contribution in [-0.2, 0) is 22.7 Å². The number of nitrogens with zero attached hydrogens (tertiary/aromatic N) is 3. The van der Waals surface area contributed by atoms with E-state index in [1.807, 2.05) is 20.8 Å². The summed E-state index contributed by atoms with van der Waals surface area (Å²) < 4.78 is 6.78. The summed E-state index contributed by atoms with van der Waals surface area (Å²) in [6, 6.07) is 0. The molecule has 0 aliphatic heterocycles. The summed E-state index contributed by atoms with van der Waals surface area (Å²) in [6.45, 7) is 6.77. The third-order valence-electron chi connectivity index (χ3n) is 2.29. The molecule has 1 rings (SSSR count). The van der Waals surface area contributed by atoms with Gasteiger partial charge in [-0.15, -0.1) is 5.10 Å². The molecule has 0 saturated heterocycles. The number of rotatable bonds is 5. The number of aryl methyl sites for hydroxylation is 1. The molecule has 0 aromatic carbocycles. The van der Waals surface area contributed by atoms with Gasteiger partial charge in [-0.2, -0.15) is 0 Å². The predicted octanol–water partition coefficient (Wildman–Crippen LogP) is 1.39. The Labute approximate surface area is 89.4 Å². The number of hydrogen-bond donors (Lipinski definition) is 0. The third-order valence-corrected chi connectivity index (χ3v) is 2.29. The third kappa shape index (κ3) is 3.34. The smallest absolute Gasteiger partial charge is 0.309 e. The van der Waals surface area contributed by atoms with E-state index in [1.54, 1.807) is 10.9 Å². The first-order chi connectivity index (χ1) is 7.17. The fourth-order valence-corrected chi connectivity index (χ4v) is 1.01. The maximum atomic E-state index is 11.3. The SMILES string of the molecule is CCC(C)C(=O)OCc1cn(CC)nn1. The lowest BCUT2D eigenvalue weighted by molar-refractivity contribution is -0.149. The standard InChI is InChI=1S/C10H17N3O2/c1-4-8(3)10(14)15-7-9-6-13(5-2)12-11-9/h6,8H,4-5,7H2,1-3H3. The molecule has 0 radical (unpaired) electrons. The molecule has 1 heterocycles. The van der Waals surface area contributed by atoms with Gasteiger partial charge in [-0.05, 0) is 13.3 Å². The van der Waals surface area contributed by atoms with Crippen LogP contribution in [0.4, 0.5) is 0 Å². The topological polar surface area (TPSA) is 57.0 Å². The van der Waals surface area contributed by atoms with Gasteiger partial charge < -0.3 is 4.74 Å². The lowest BCUT2D eigenvalue weighted by Gasteiger charge is -2.07. The summed E-state index contributed by atoms with van der Waals surface area (Å²) in [6.07, 6.45) is 2.57. The van der Waals surface area contributed by atoms with Gasteiger partial charge in [0, 0.05) is 6.54 Å². The highest BCUT2D eigenvalue weighted by Gasteiger charge is 2.12. The van der Waals surface area contributed by atoms with Crippen molar-refractivity contribution in [2.45, 2.75) is 40.3 Å². The van der Waals surface area contributed by atoms with E-state index in [0.717, 1.165) is 13.0 Å². The van der Waals surface area contributed by atoms with Crippen molar-refractivity contribution in [3.8, 4) is 0 Å². The summed E-state index contributed by atoms with van der Waals surface area (Å²) >= 11 is 0. The second-order valence-corrected chi connectivity index (χ2v) is 3.48. The van der Waals surface area contributed by atoms with E-state index >= 15 is 0 Å². The average molecular weight is 211 g/mol. The molecule has 15 heavy (non-hydrogen) atoms. The zero-order valence-corrected chi connectivity index (χ0v) is 9.43. The van der Waals surface area contributed by atoms with Crippen LogP contribution < -0.4 is 0 Å². The summed E-state index contributed by atoms with van der Waals surface area (Å²) in [5, 5.41) is 7.73. The molecule has 1 atom stereocenters. The van der Waals surface area contributed by atoms with Crippen molar-refractivity contribution >= 4 is 5.97 Å². The molecule has 5 nitrogen and oxygen atoms in total. The van der Waals surface area contributed by atoms with Gasteiger partial charge in [-0.3, -0.25) is 9.48 Å². The molecule has 1 unspecified atom stereocenters. The van der Waals surface area contributed by atoms with Gasteiger partial charge in [0.2, 0.25) is 0 Å². The van der Waals surface area contributed by atoms with Crippen LogP contribution in [0.25, 0.3) is 0 Å². The van der Waals surface area contributed by atoms with Gasteiger partial charge >= 0.3 is 5.97 Å². The van der Waals surface area contributed by atoms with Crippen molar-refractivity contribution in [1.82, 2.24) is 15.0 Å². The Hall–Kier alpha value is -1.39. The number of esters is 1. The number of aromatic nitrogens is 3. The first-order valence-corrected chi connectivity index (χ1v) is 5.23. The highest BCUT2D eigenvalue weighted by molar-refractivity contribution is 5.71. The summed E-state index contributed by atoms with van der Waals surface area (Å²) in [5.74, 6) is -0.227. The van der Waals surface area contributed by atoms with Crippen molar-refractivity contribution < 1.29 is 9.53 Å². The molecule has 5 heteroatoms. The number of hydrogen-bond acceptors (Lipinski definition) is 4. The monoisotopic (exact) mass is 211 g/mol. The molecule has 0 bridgehead atoms. The van der Waals surface area contributed by atoms with E-state index in [-0.39, 0.29) is 18.5 Å². The Morgan fingerprint density at radius 2 is 2.33 bits per heavy atom. The molecular weight excluding hydrogens is 194 g/mol. The quantitative estimate of drug-likeness (QED) is 0.690. The maximum Gasteiger partial charge on any atom is 0.309 e. The van der Waals surface area contributed by atoms with E-state index in [9.17, 15) is 4.79 Å². The van der Waals surface area contributed by atoms with Gasteiger partial charge in [0.15, 0.2) is 0 Å². The highest BCUT2D eigenvalue weighted by atomic mass is 16.5. The first-order valence-electron chi connectivity index (χ1n) is 5.23. The van der Waals surface area contributed by atoms with Crippen LogP contribution in [0.1, 0.15) is 32.9 Å². The van der Waals surface area contributed by atoms with Crippen molar-refractivity contribution in [2.24, 2.45) is 5.92 Å². The fourth-order valence-electron chi connectivity index (χ4n) is 1.01. The minimum absolute atomic E-state index is 0.0498. The van der Waals surface area contributed by atoms with Crippen molar-refractivity contribution in [2.75, 3.05) is 0 Å². The summed E-state index contributed by atoms with van der Waals surface area (Å²) in [7, 11) is 0. The van der Waals surface area contributed by atoms with E-state index in [4.69, 9.17) is 4.74 Å². The predicted molar refractivity (Wildman–Crippen MR) is 54.9 cm³/mol. The Bertz CT molecular complexity index is 322. The van der Waals surface area contributed by atoms with Gasteiger partial charge in [0.1, 0.15) is 12.3 Å². The normalized spacial score (nSPS) is 12.5. The Morgan fingerprint density at radius 1 is 1.60 bits per heavy atom. The second kappa shape index (κ2) is 5.48. The molecule has 0 spiro atoms. The zero-order valence-electron chi connectivity index (χ0n) is 9.43. The van der Waals surface area contributed by atoms with E-state index in [1.165, 1.54) is 0 Å². The molecule has 84 valence electrons. The number of carbonyl (C=O) groups is 1. The summed E-state index contributed by atoms with van der Waals surface area (Å²) in [4.78, 5) is 11.3. The molecule has 0 aliphatic carbocycles. The molecule has 0 aliphatic rings. The maximum absolute atomic E-state index is 11.3. The van der Waals surface area contributed by atoms with Gasteiger partial charge in [0.25, 0.3) is 0 Å². The van der Waals surface area contributed by atoms with Crippen LogP contribution in [-0.4, -0.2) is 21.0 Å². The Balaban J connectivity index is 2.40. The zero-order chi connectivity index (χ0) is 11.3. The van der Waals surface area contributed by atoms with Crippen LogP contribution in [0, 0.1) is 5.92 Å². The average Bonchev–Trinajstić information content (AvgIpc) is 2.72. The van der Waals surface area contributed by atoms with Crippen LogP contribution >= 0.6 is 0 Å². The fraction of sp³-hybridized carbons (Fsp3) is 0.700. The van der Waals surface area contributed by atoms with Crippen molar-refractivity contribution in [1.29, 1.82) is 0 Å². The molecule has 1 aromatic rings. The second-order valence-electron chi connectivity index (χ2n) is 3.48. The Kier molecular flexibility index (Phi) is 4.27. The van der Waals surface area contributed by atoms with Crippen molar-refractivity contribution in [3.05, 3.63) is 11.9 Å². The minimum Gasteiger partial charge on any atom is -0.459 e. The van der Waals surface area contributed by atoms with Crippen LogP contribution in [0.2, 0.25) is 0 Å².